The Hall–Kier alpha value is -1.96. The Kier molecular flexibility index (Phi) is 4.10. The minimum atomic E-state index is -0.264. The first-order chi connectivity index (χ1) is 9.04. The number of urea groups is 1. The summed E-state index contributed by atoms with van der Waals surface area (Å²) in [6, 6.07) is 1.72. The molecule has 1 atom stereocenters. The van der Waals surface area contributed by atoms with E-state index in [-0.39, 0.29) is 12.1 Å². The number of hydrogen-bond acceptors (Lipinski definition) is 5. The number of anilines is 1. The number of carbonyl (C=O) groups is 1. The normalized spacial score (nSPS) is 12.2. The van der Waals surface area contributed by atoms with Gasteiger partial charge in [0.15, 0.2) is 0 Å². The second-order valence-corrected chi connectivity index (χ2v) is 5.18. The predicted octanol–water partition coefficient (Wildman–Crippen LogP) is 1.56. The number of aromatic nitrogens is 4. The fraction of sp³-hybridized carbons (Fsp3) is 0.455. The number of hydrogen-bond donors (Lipinski definition) is 2. The molecule has 2 rings (SSSR count). The van der Waals surface area contributed by atoms with Crippen LogP contribution in [-0.2, 0) is 6.54 Å². The third kappa shape index (κ3) is 3.75. The summed E-state index contributed by atoms with van der Waals surface area (Å²) in [6.45, 7) is 6.51. The summed E-state index contributed by atoms with van der Waals surface area (Å²) in [5.74, 6) is 0. The number of nitrogens with zero attached hydrogens (tertiary/aromatic N) is 4. The van der Waals surface area contributed by atoms with E-state index in [2.05, 4.69) is 25.3 Å². The molecule has 0 aliphatic heterocycles. The van der Waals surface area contributed by atoms with Crippen molar-refractivity contribution >= 4 is 22.6 Å². The van der Waals surface area contributed by atoms with Gasteiger partial charge < -0.3 is 5.32 Å². The Morgan fingerprint density at radius 2 is 2.32 bits per heavy atom. The first-order valence-electron chi connectivity index (χ1n) is 5.90. The van der Waals surface area contributed by atoms with Crippen LogP contribution >= 0.6 is 11.5 Å². The Bertz CT molecular complexity index is 550. The Morgan fingerprint density at radius 3 is 2.89 bits per heavy atom. The van der Waals surface area contributed by atoms with Crippen LogP contribution in [0.3, 0.4) is 0 Å². The number of amides is 2. The molecule has 0 aliphatic carbocycles. The highest BCUT2D eigenvalue weighted by molar-refractivity contribution is 7.10. The lowest BCUT2D eigenvalue weighted by molar-refractivity contribution is 0.247. The molecular formula is C11H16N6OS. The lowest BCUT2D eigenvalue weighted by atomic mass is 10.3. The maximum Gasteiger partial charge on any atom is 0.320 e. The van der Waals surface area contributed by atoms with E-state index in [9.17, 15) is 4.79 Å². The van der Waals surface area contributed by atoms with Gasteiger partial charge in [-0.05, 0) is 26.8 Å². The molecule has 0 saturated heterocycles. The molecule has 0 spiro atoms. The van der Waals surface area contributed by atoms with Gasteiger partial charge in [0.05, 0.1) is 18.4 Å². The van der Waals surface area contributed by atoms with Crippen molar-refractivity contribution < 1.29 is 4.79 Å². The molecule has 7 nitrogen and oxygen atoms in total. The van der Waals surface area contributed by atoms with E-state index in [1.54, 1.807) is 0 Å². The quantitative estimate of drug-likeness (QED) is 0.890. The van der Waals surface area contributed by atoms with Gasteiger partial charge in [0, 0.05) is 23.3 Å². The molecule has 0 radical (unpaired) electrons. The number of rotatable bonds is 4. The van der Waals surface area contributed by atoms with Crippen molar-refractivity contribution in [2.75, 3.05) is 5.32 Å². The second-order valence-electron chi connectivity index (χ2n) is 4.39. The van der Waals surface area contributed by atoms with Gasteiger partial charge >= 0.3 is 6.03 Å². The summed E-state index contributed by atoms with van der Waals surface area (Å²) >= 11 is 1.14. The van der Waals surface area contributed by atoms with Crippen LogP contribution in [0.5, 0.6) is 0 Å². The van der Waals surface area contributed by atoms with E-state index >= 15 is 0 Å². The van der Waals surface area contributed by atoms with Crippen molar-refractivity contribution in [2.45, 2.75) is 33.4 Å². The van der Waals surface area contributed by atoms with Gasteiger partial charge in [0.25, 0.3) is 0 Å². The number of carbonyl (C=O) groups excluding carboxylic acids is 1. The summed E-state index contributed by atoms with van der Waals surface area (Å²) in [5, 5.41) is 14.1. The molecule has 2 aromatic rings. The topological polar surface area (TPSA) is 84.7 Å². The van der Waals surface area contributed by atoms with Crippen LogP contribution in [0.15, 0.2) is 12.3 Å². The minimum Gasteiger partial charge on any atom is -0.334 e. The molecule has 0 bridgehead atoms. The van der Waals surface area contributed by atoms with Gasteiger partial charge in [-0.3, -0.25) is 10.00 Å². The van der Waals surface area contributed by atoms with Crippen LogP contribution in [0, 0.1) is 13.8 Å². The van der Waals surface area contributed by atoms with Crippen LogP contribution < -0.4 is 10.6 Å². The van der Waals surface area contributed by atoms with Gasteiger partial charge in [-0.15, -0.1) is 5.10 Å². The molecule has 0 aliphatic rings. The van der Waals surface area contributed by atoms with Gasteiger partial charge in [-0.1, -0.05) is 4.49 Å². The van der Waals surface area contributed by atoms with Gasteiger partial charge in [0.1, 0.15) is 5.00 Å². The Morgan fingerprint density at radius 1 is 1.53 bits per heavy atom. The molecule has 2 aromatic heterocycles. The van der Waals surface area contributed by atoms with Crippen LogP contribution in [0.1, 0.15) is 18.3 Å². The average Bonchev–Trinajstić information content (AvgIpc) is 2.89. The van der Waals surface area contributed by atoms with Crippen LogP contribution in [0.25, 0.3) is 0 Å². The Labute approximate surface area is 115 Å². The highest BCUT2D eigenvalue weighted by atomic mass is 32.1. The molecule has 1 unspecified atom stereocenters. The molecule has 0 aromatic carbocycles. The fourth-order valence-electron chi connectivity index (χ4n) is 1.76. The summed E-state index contributed by atoms with van der Waals surface area (Å²) < 4.78 is 5.56. The van der Waals surface area contributed by atoms with Crippen molar-refractivity contribution in [2.24, 2.45) is 0 Å². The lowest BCUT2D eigenvalue weighted by Crippen LogP contribution is -2.38. The third-order valence-corrected chi connectivity index (χ3v) is 3.11. The maximum absolute atomic E-state index is 11.7. The average molecular weight is 280 g/mol. The molecule has 8 heteroatoms. The van der Waals surface area contributed by atoms with Crippen LogP contribution in [0.2, 0.25) is 0 Å². The monoisotopic (exact) mass is 280 g/mol. The molecule has 2 heterocycles. The van der Waals surface area contributed by atoms with Gasteiger partial charge in [-0.2, -0.15) is 5.10 Å². The van der Waals surface area contributed by atoms with E-state index in [4.69, 9.17) is 0 Å². The largest absolute Gasteiger partial charge is 0.334 e. The minimum absolute atomic E-state index is 0.0288. The first kappa shape index (κ1) is 13.5. The van der Waals surface area contributed by atoms with E-state index < -0.39 is 0 Å². The van der Waals surface area contributed by atoms with Crippen molar-refractivity contribution in [1.29, 1.82) is 0 Å². The van der Waals surface area contributed by atoms with E-state index in [0.717, 1.165) is 22.9 Å². The summed E-state index contributed by atoms with van der Waals surface area (Å²) in [6.07, 6.45) is 1.51. The van der Waals surface area contributed by atoms with Crippen LogP contribution in [-0.4, -0.2) is 31.4 Å². The van der Waals surface area contributed by atoms with Gasteiger partial charge in [-0.25, -0.2) is 4.79 Å². The third-order valence-electron chi connectivity index (χ3n) is 2.53. The summed E-state index contributed by atoms with van der Waals surface area (Å²) in [5.41, 5.74) is 2.06. The molecular weight excluding hydrogens is 264 g/mol. The fourth-order valence-corrected chi connectivity index (χ4v) is 2.17. The highest BCUT2D eigenvalue weighted by Crippen LogP contribution is 2.08. The van der Waals surface area contributed by atoms with Crippen molar-refractivity contribution in [3.8, 4) is 0 Å². The first-order valence-corrected chi connectivity index (χ1v) is 6.68. The molecule has 19 heavy (non-hydrogen) atoms. The zero-order valence-electron chi connectivity index (χ0n) is 11.0. The molecule has 0 fully saturated rings. The summed E-state index contributed by atoms with van der Waals surface area (Å²) in [4.78, 5) is 11.7. The lowest BCUT2D eigenvalue weighted by Gasteiger charge is -2.15. The zero-order chi connectivity index (χ0) is 13.8. The summed E-state index contributed by atoms with van der Waals surface area (Å²) in [7, 11) is 0. The van der Waals surface area contributed by atoms with Gasteiger partial charge in [0.2, 0.25) is 0 Å². The van der Waals surface area contributed by atoms with E-state index in [1.807, 2.05) is 31.5 Å². The molecule has 102 valence electrons. The van der Waals surface area contributed by atoms with Crippen molar-refractivity contribution in [3.63, 3.8) is 0 Å². The standard InChI is InChI=1S/C11H16N6OS/c1-7-4-9(3)17(15-7)6-8(2)13-11(18)14-10-5-12-16-19-10/h4-5,8H,6H2,1-3H3,(H2,13,14,18). The maximum atomic E-state index is 11.7. The highest BCUT2D eigenvalue weighted by Gasteiger charge is 2.10. The zero-order valence-corrected chi connectivity index (χ0v) is 11.9. The number of aryl methyl sites for hydroxylation is 2. The predicted molar refractivity (Wildman–Crippen MR) is 73.2 cm³/mol. The molecule has 2 N–H and O–H groups in total. The number of nitrogens with one attached hydrogen (secondary N) is 2. The van der Waals surface area contributed by atoms with E-state index in [1.165, 1.54) is 6.20 Å². The molecule has 2 amide bonds. The van der Waals surface area contributed by atoms with Crippen molar-refractivity contribution in [1.82, 2.24) is 24.7 Å². The SMILES string of the molecule is Cc1cc(C)n(CC(C)NC(=O)Nc2cnns2)n1. The smallest absolute Gasteiger partial charge is 0.320 e. The van der Waals surface area contributed by atoms with E-state index in [0.29, 0.717) is 11.5 Å². The Balaban J connectivity index is 1.85. The molecule has 0 saturated carbocycles. The van der Waals surface area contributed by atoms with Crippen molar-refractivity contribution in [3.05, 3.63) is 23.7 Å². The second kappa shape index (κ2) is 5.79. The van der Waals surface area contributed by atoms with Crippen LogP contribution in [0.4, 0.5) is 9.80 Å².